The number of amides is 1. The Morgan fingerprint density at radius 2 is 0.723 bits per heavy atom. The Morgan fingerprint density at radius 3 is 1.09 bits per heavy atom. The molecule has 3 N–H and O–H groups in total. The van der Waals surface area contributed by atoms with Gasteiger partial charge in [0.1, 0.15) is 0 Å². The number of rotatable bonds is 54. The second-order valence-electron chi connectivity index (χ2n) is 20.0. The minimum atomic E-state index is -0.850. The van der Waals surface area contributed by atoms with Gasteiger partial charge < -0.3 is 20.3 Å². The number of unbranched alkanes of at least 4 members (excludes halogenated alkanes) is 41. The molecule has 65 heavy (non-hydrogen) atoms. The summed E-state index contributed by atoms with van der Waals surface area (Å²) in [5, 5.41) is 23.1. The van der Waals surface area contributed by atoms with E-state index < -0.39 is 12.1 Å². The van der Waals surface area contributed by atoms with Gasteiger partial charge in [-0.3, -0.25) is 9.59 Å². The highest BCUT2D eigenvalue weighted by Crippen LogP contribution is 2.17. The fourth-order valence-corrected chi connectivity index (χ4v) is 8.98. The van der Waals surface area contributed by atoms with E-state index in [4.69, 9.17) is 4.74 Å². The van der Waals surface area contributed by atoms with Gasteiger partial charge in [0.25, 0.3) is 0 Å². The minimum Gasteiger partial charge on any atom is -0.466 e. The molecule has 384 valence electrons. The van der Waals surface area contributed by atoms with Crippen LogP contribution in [-0.4, -0.2) is 47.4 Å². The van der Waals surface area contributed by atoms with Crippen molar-refractivity contribution >= 4 is 11.9 Å². The van der Waals surface area contributed by atoms with E-state index in [1.165, 1.54) is 238 Å². The van der Waals surface area contributed by atoms with E-state index in [9.17, 15) is 19.8 Å². The second kappa shape index (κ2) is 54.9. The predicted molar refractivity (Wildman–Crippen MR) is 283 cm³/mol. The summed E-state index contributed by atoms with van der Waals surface area (Å²) < 4.78 is 5.46. The Bertz CT molecular complexity index is 1010. The topological polar surface area (TPSA) is 95.9 Å². The fraction of sp³-hybridized carbons (Fsp3) is 0.898. The monoisotopic (exact) mass is 916 g/mol. The average Bonchev–Trinajstić information content (AvgIpc) is 3.31. The third kappa shape index (κ3) is 51.6. The molecule has 0 fully saturated rings. The molecule has 0 rings (SSSR count). The summed E-state index contributed by atoms with van der Waals surface area (Å²) in [7, 11) is 0. The van der Waals surface area contributed by atoms with Crippen LogP contribution in [0.5, 0.6) is 0 Å². The van der Waals surface area contributed by atoms with E-state index >= 15 is 0 Å². The Morgan fingerprint density at radius 1 is 0.415 bits per heavy atom. The maximum Gasteiger partial charge on any atom is 0.305 e. The molecular formula is C59H113NO5. The number of hydrogen-bond acceptors (Lipinski definition) is 5. The molecule has 0 aromatic heterocycles. The van der Waals surface area contributed by atoms with Crippen LogP contribution in [-0.2, 0) is 14.3 Å². The van der Waals surface area contributed by atoms with Gasteiger partial charge in [-0.15, -0.1) is 0 Å². The van der Waals surface area contributed by atoms with Gasteiger partial charge in [-0.2, -0.15) is 0 Å². The van der Waals surface area contributed by atoms with Gasteiger partial charge in [-0.25, -0.2) is 0 Å². The van der Waals surface area contributed by atoms with Crippen molar-refractivity contribution in [1.29, 1.82) is 0 Å². The van der Waals surface area contributed by atoms with Crippen molar-refractivity contribution in [3.8, 4) is 0 Å². The van der Waals surface area contributed by atoms with Crippen LogP contribution in [0.25, 0.3) is 0 Å². The summed E-state index contributed by atoms with van der Waals surface area (Å²) in [6, 6.07) is -0.635. The first-order chi connectivity index (χ1) is 32.0. The van der Waals surface area contributed by atoms with Crippen LogP contribution in [0.15, 0.2) is 24.3 Å². The molecule has 0 aromatic rings. The molecule has 0 aliphatic rings. The molecule has 0 bridgehead atoms. The van der Waals surface area contributed by atoms with Gasteiger partial charge in [-0.1, -0.05) is 269 Å². The zero-order valence-electron chi connectivity index (χ0n) is 43.7. The van der Waals surface area contributed by atoms with Gasteiger partial charge in [0.15, 0.2) is 0 Å². The van der Waals surface area contributed by atoms with Crippen LogP contribution in [0.4, 0.5) is 0 Å². The quantitative estimate of drug-likeness (QED) is 0.0321. The maximum absolute atomic E-state index is 12.5. The van der Waals surface area contributed by atoms with Gasteiger partial charge >= 0.3 is 5.97 Å². The predicted octanol–water partition coefficient (Wildman–Crippen LogP) is 17.9. The molecule has 1 amide bonds. The van der Waals surface area contributed by atoms with Gasteiger partial charge in [0, 0.05) is 12.8 Å². The number of hydrogen-bond donors (Lipinski definition) is 3. The molecular weight excluding hydrogens is 803 g/mol. The first-order valence-electron chi connectivity index (χ1n) is 29.1. The van der Waals surface area contributed by atoms with Crippen molar-refractivity contribution in [2.75, 3.05) is 13.2 Å². The lowest BCUT2D eigenvalue weighted by molar-refractivity contribution is -0.143. The molecule has 0 saturated heterocycles. The van der Waals surface area contributed by atoms with Crippen LogP contribution in [0, 0.1) is 0 Å². The SMILES string of the molecule is CCCCCCCCCCCCCCCCCC/C=C/C(O)C(CO)NC(=O)CCCCCCCCC/C=C\CCCCCCCCCCOC(=O)CCCCCCCCCCCCC. The highest BCUT2D eigenvalue weighted by atomic mass is 16.5. The lowest BCUT2D eigenvalue weighted by Crippen LogP contribution is -2.45. The summed E-state index contributed by atoms with van der Waals surface area (Å²) in [5.74, 6) is -0.0726. The third-order valence-corrected chi connectivity index (χ3v) is 13.5. The average molecular weight is 917 g/mol. The van der Waals surface area contributed by atoms with Crippen LogP contribution in [0.1, 0.15) is 316 Å². The van der Waals surface area contributed by atoms with Crippen molar-refractivity contribution in [2.45, 2.75) is 328 Å². The second-order valence-corrected chi connectivity index (χ2v) is 20.0. The Kier molecular flexibility index (Phi) is 53.5. The van der Waals surface area contributed by atoms with Crippen LogP contribution < -0.4 is 5.32 Å². The number of carbonyl (C=O) groups is 2. The van der Waals surface area contributed by atoms with Crippen LogP contribution >= 0.6 is 0 Å². The lowest BCUT2D eigenvalue weighted by Gasteiger charge is -2.20. The molecule has 2 unspecified atom stereocenters. The number of aliphatic hydroxyl groups is 2. The van der Waals surface area contributed by atoms with Crippen molar-refractivity contribution in [2.24, 2.45) is 0 Å². The summed E-state index contributed by atoms with van der Waals surface area (Å²) >= 11 is 0. The molecule has 0 aliphatic heterocycles. The number of esters is 1. The molecule has 6 nitrogen and oxygen atoms in total. The zero-order valence-corrected chi connectivity index (χ0v) is 43.7. The van der Waals surface area contributed by atoms with Crippen molar-refractivity contribution in [3.05, 3.63) is 24.3 Å². The van der Waals surface area contributed by atoms with E-state index in [-0.39, 0.29) is 18.5 Å². The number of carbonyl (C=O) groups excluding carboxylic acids is 2. The van der Waals surface area contributed by atoms with Crippen molar-refractivity contribution in [1.82, 2.24) is 5.32 Å². The first-order valence-corrected chi connectivity index (χ1v) is 29.1. The number of aliphatic hydroxyl groups excluding tert-OH is 2. The lowest BCUT2D eigenvalue weighted by atomic mass is 10.0. The maximum atomic E-state index is 12.5. The Labute approximate surface area is 405 Å². The Balaban J connectivity index is 3.48. The highest BCUT2D eigenvalue weighted by molar-refractivity contribution is 5.76. The zero-order chi connectivity index (χ0) is 47.2. The fourth-order valence-electron chi connectivity index (χ4n) is 8.98. The first kappa shape index (κ1) is 63.3. The molecule has 0 radical (unpaired) electrons. The smallest absolute Gasteiger partial charge is 0.305 e. The van der Waals surface area contributed by atoms with E-state index in [1.807, 2.05) is 6.08 Å². The summed E-state index contributed by atoms with van der Waals surface area (Å²) in [6.45, 7) is 4.90. The summed E-state index contributed by atoms with van der Waals surface area (Å²) in [4.78, 5) is 24.5. The standard InChI is InChI=1S/C59H113NO5/c1-3-5-7-9-11-13-15-16-17-18-22-25-28-32-35-39-43-47-51-57(62)56(55-61)60-58(63)52-48-44-40-36-33-29-26-23-20-19-21-24-27-30-34-38-42-46-50-54-65-59(64)53-49-45-41-37-31-14-12-10-8-6-4-2/h19-20,47,51,56-57,61-62H,3-18,21-46,48-50,52-55H2,1-2H3,(H,60,63)/b20-19-,51-47+. The molecule has 0 aromatic carbocycles. The van der Waals surface area contributed by atoms with Crippen LogP contribution in [0.2, 0.25) is 0 Å². The number of ether oxygens (including phenoxy) is 1. The van der Waals surface area contributed by atoms with E-state index in [1.54, 1.807) is 6.08 Å². The molecule has 0 saturated carbocycles. The normalized spacial score (nSPS) is 12.7. The molecule has 2 atom stereocenters. The third-order valence-electron chi connectivity index (χ3n) is 13.5. The molecule has 0 spiro atoms. The summed E-state index contributed by atoms with van der Waals surface area (Å²) in [5.41, 5.74) is 0. The van der Waals surface area contributed by atoms with Gasteiger partial charge in [0.2, 0.25) is 5.91 Å². The minimum absolute atomic E-state index is 0.00302. The number of nitrogens with one attached hydrogen (secondary N) is 1. The van der Waals surface area contributed by atoms with Crippen molar-refractivity contribution < 1.29 is 24.5 Å². The number of allylic oxidation sites excluding steroid dienone is 3. The van der Waals surface area contributed by atoms with E-state index in [0.717, 1.165) is 51.4 Å². The highest BCUT2D eigenvalue weighted by Gasteiger charge is 2.18. The molecule has 0 heterocycles. The van der Waals surface area contributed by atoms with Gasteiger partial charge in [-0.05, 0) is 57.8 Å². The molecule has 6 heteroatoms. The van der Waals surface area contributed by atoms with Crippen LogP contribution in [0.3, 0.4) is 0 Å². The Hall–Kier alpha value is -1.66. The molecule has 0 aliphatic carbocycles. The van der Waals surface area contributed by atoms with E-state index in [2.05, 4.69) is 31.3 Å². The van der Waals surface area contributed by atoms with Crippen molar-refractivity contribution in [3.63, 3.8) is 0 Å². The largest absolute Gasteiger partial charge is 0.466 e. The summed E-state index contributed by atoms with van der Waals surface area (Å²) in [6.07, 6.45) is 66.3. The van der Waals surface area contributed by atoms with Gasteiger partial charge in [0.05, 0.1) is 25.4 Å². The van der Waals surface area contributed by atoms with E-state index in [0.29, 0.717) is 19.4 Å².